The summed E-state index contributed by atoms with van der Waals surface area (Å²) in [7, 11) is 0. The summed E-state index contributed by atoms with van der Waals surface area (Å²) in [5, 5.41) is 26.7. The van der Waals surface area contributed by atoms with Gasteiger partial charge in [0.1, 0.15) is 5.60 Å². The van der Waals surface area contributed by atoms with Crippen molar-refractivity contribution in [1.29, 1.82) is 5.26 Å². The van der Waals surface area contributed by atoms with Crippen LogP contribution < -0.4 is 10.6 Å². The first kappa shape index (κ1) is 34.1. The van der Waals surface area contributed by atoms with E-state index in [0.29, 0.717) is 30.0 Å². The summed E-state index contributed by atoms with van der Waals surface area (Å²) >= 11 is 0. The molecule has 3 amide bonds. The molecule has 48 heavy (non-hydrogen) atoms. The molecule has 0 spiro atoms. The zero-order valence-corrected chi connectivity index (χ0v) is 26.3. The summed E-state index contributed by atoms with van der Waals surface area (Å²) in [6.45, 7) is 2.00. The van der Waals surface area contributed by atoms with Gasteiger partial charge in [-0.15, -0.1) is 0 Å². The molecule has 1 heterocycles. The average Bonchev–Trinajstić information content (AvgIpc) is 3.08. The molecule has 1 atom stereocenters. The van der Waals surface area contributed by atoms with Crippen molar-refractivity contribution in [2.24, 2.45) is 5.92 Å². The fraction of sp³-hybridized carbons (Fsp3) is 0.297. The fourth-order valence-corrected chi connectivity index (χ4v) is 6.33. The minimum atomic E-state index is -4.83. The number of nitriles is 1. The van der Waals surface area contributed by atoms with Gasteiger partial charge in [0, 0.05) is 49.3 Å². The predicted molar refractivity (Wildman–Crippen MR) is 174 cm³/mol. The Kier molecular flexibility index (Phi) is 10.2. The van der Waals surface area contributed by atoms with Gasteiger partial charge in [0.25, 0.3) is 11.8 Å². The number of hydrogen-bond acceptors (Lipinski definition) is 5. The molecule has 1 unspecified atom stereocenters. The minimum absolute atomic E-state index is 0.132. The first-order valence-corrected chi connectivity index (χ1v) is 15.6. The average molecular weight is 657 g/mol. The van der Waals surface area contributed by atoms with Gasteiger partial charge in [0.05, 0.1) is 17.2 Å². The Morgan fingerprint density at radius 2 is 1.67 bits per heavy atom. The van der Waals surface area contributed by atoms with Gasteiger partial charge in [-0.05, 0) is 78.8 Å². The Morgan fingerprint density at radius 1 is 0.938 bits per heavy atom. The number of carbonyl (C=O) groups is 3. The van der Waals surface area contributed by atoms with Crippen LogP contribution in [0.4, 0.5) is 18.9 Å². The van der Waals surface area contributed by atoms with Crippen molar-refractivity contribution in [3.63, 3.8) is 0 Å². The monoisotopic (exact) mass is 656 g/mol. The minimum Gasteiger partial charge on any atom is -0.379 e. The zero-order valence-electron chi connectivity index (χ0n) is 26.3. The van der Waals surface area contributed by atoms with Gasteiger partial charge in [-0.3, -0.25) is 14.4 Å². The third-order valence-corrected chi connectivity index (χ3v) is 8.83. The largest absolute Gasteiger partial charge is 0.417 e. The lowest BCUT2D eigenvalue weighted by Gasteiger charge is -2.40. The zero-order chi connectivity index (χ0) is 34.5. The van der Waals surface area contributed by atoms with Gasteiger partial charge >= 0.3 is 6.18 Å². The molecular formula is C37H35F3N4O4. The van der Waals surface area contributed by atoms with Crippen molar-refractivity contribution in [3.05, 3.63) is 118 Å². The summed E-state index contributed by atoms with van der Waals surface area (Å²) in [4.78, 5) is 40.1. The number of carbonyl (C=O) groups excluding carboxylic acids is 3. The second-order valence-corrected chi connectivity index (χ2v) is 12.1. The van der Waals surface area contributed by atoms with Crippen LogP contribution in [0.1, 0.15) is 65.2 Å². The number of hydrogen-bond donors (Lipinski definition) is 3. The fourth-order valence-electron chi connectivity index (χ4n) is 6.33. The van der Waals surface area contributed by atoms with Gasteiger partial charge in [-0.25, -0.2) is 0 Å². The summed E-state index contributed by atoms with van der Waals surface area (Å²) < 4.78 is 41.1. The lowest BCUT2D eigenvalue weighted by molar-refractivity contribution is -0.142. The highest BCUT2D eigenvalue weighted by Crippen LogP contribution is 2.37. The van der Waals surface area contributed by atoms with E-state index in [-0.39, 0.29) is 49.9 Å². The molecule has 0 radical (unpaired) electrons. The molecule has 2 aliphatic rings. The second-order valence-electron chi connectivity index (χ2n) is 12.1. The van der Waals surface area contributed by atoms with Crippen molar-refractivity contribution in [2.75, 3.05) is 18.4 Å². The number of nitrogens with zero attached hydrogens (tertiary/aromatic N) is 2. The maximum Gasteiger partial charge on any atom is 0.417 e. The molecule has 1 fully saturated rings. The molecule has 0 bridgehead atoms. The number of aliphatic hydroxyl groups is 1. The van der Waals surface area contributed by atoms with Crippen molar-refractivity contribution < 1.29 is 32.7 Å². The molecule has 3 aromatic rings. The van der Waals surface area contributed by atoms with Crippen molar-refractivity contribution >= 4 is 29.0 Å². The van der Waals surface area contributed by atoms with Crippen LogP contribution in [0.2, 0.25) is 0 Å². The van der Waals surface area contributed by atoms with E-state index in [1.807, 2.05) is 36.4 Å². The highest BCUT2D eigenvalue weighted by molar-refractivity contribution is 5.98. The van der Waals surface area contributed by atoms with E-state index in [1.165, 1.54) is 19.1 Å². The van der Waals surface area contributed by atoms with Crippen molar-refractivity contribution in [1.82, 2.24) is 10.2 Å². The molecule has 0 saturated carbocycles. The van der Waals surface area contributed by atoms with E-state index < -0.39 is 34.7 Å². The summed E-state index contributed by atoms with van der Waals surface area (Å²) in [6.07, 6.45) is 0.653. The molecule has 11 heteroatoms. The highest BCUT2D eigenvalue weighted by Gasteiger charge is 2.46. The normalized spacial score (nSPS) is 16.5. The number of amides is 3. The smallest absolute Gasteiger partial charge is 0.379 e. The van der Waals surface area contributed by atoms with Crippen LogP contribution in [0, 0.1) is 17.2 Å². The summed E-state index contributed by atoms with van der Waals surface area (Å²) in [6, 6.07) is 20.6. The van der Waals surface area contributed by atoms with E-state index >= 15 is 0 Å². The van der Waals surface area contributed by atoms with Crippen molar-refractivity contribution in [2.45, 2.75) is 50.8 Å². The number of alkyl halides is 3. The van der Waals surface area contributed by atoms with Crippen LogP contribution in [0.15, 0.2) is 90.6 Å². The number of piperidine rings is 1. The van der Waals surface area contributed by atoms with E-state index in [2.05, 4.69) is 10.6 Å². The number of rotatable bonds is 8. The topological polar surface area (TPSA) is 123 Å². The number of likely N-dealkylation sites (tertiary alicyclic amines) is 1. The number of allylic oxidation sites excluding steroid dienone is 4. The standard InChI is InChI=1S/C37H35F3N4O4/c1-24(45)42-31-13-10-26(11-14-31)28-9-5-6-25(20-28)22-36(48,30-16-18-44(19-17-30)34(46)27-7-3-2-4-8-27)35(47)43-32-15-12-29(23-41)33(21-32)37(38,39)40/h2-10,12-13,15,20-21,30,48H,11,14,16-19,22H2,1H3,(H,42,45)(H,43,47). The number of benzene rings is 3. The van der Waals surface area contributed by atoms with Crippen LogP contribution in [-0.4, -0.2) is 46.4 Å². The molecule has 0 aromatic heterocycles. The highest BCUT2D eigenvalue weighted by atomic mass is 19.4. The quantitative estimate of drug-likeness (QED) is 0.265. The van der Waals surface area contributed by atoms with Crippen LogP contribution in [-0.2, 0) is 22.2 Å². The second kappa shape index (κ2) is 14.3. The Labute approximate surface area is 276 Å². The van der Waals surface area contributed by atoms with Crippen LogP contribution in [0.3, 0.4) is 0 Å². The van der Waals surface area contributed by atoms with Gasteiger partial charge in [-0.2, -0.15) is 18.4 Å². The SMILES string of the molecule is CC(=O)NC1=CC=C(c2cccc(CC(O)(C(=O)Nc3ccc(C#N)c(C(F)(F)F)c3)C3CCN(C(=O)c4ccccc4)CC3)c2)CC1. The van der Waals surface area contributed by atoms with E-state index in [4.69, 9.17) is 0 Å². The molecule has 3 aromatic carbocycles. The van der Waals surface area contributed by atoms with Crippen LogP contribution in [0.5, 0.6) is 0 Å². The van der Waals surface area contributed by atoms with Crippen LogP contribution >= 0.6 is 0 Å². The molecule has 1 aliphatic carbocycles. The molecule has 3 N–H and O–H groups in total. The number of halogens is 3. The lowest BCUT2D eigenvalue weighted by atomic mass is 9.75. The first-order chi connectivity index (χ1) is 22.9. The van der Waals surface area contributed by atoms with E-state index in [9.17, 15) is 37.9 Å². The van der Waals surface area contributed by atoms with Gasteiger partial charge < -0.3 is 20.6 Å². The molecule has 5 rings (SSSR count). The van der Waals surface area contributed by atoms with Gasteiger partial charge in [0.15, 0.2) is 0 Å². The molecular weight excluding hydrogens is 621 g/mol. The number of anilines is 1. The predicted octanol–water partition coefficient (Wildman–Crippen LogP) is 6.24. The summed E-state index contributed by atoms with van der Waals surface area (Å²) in [5.41, 5.74) is -0.178. The first-order valence-electron chi connectivity index (χ1n) is 15.6. The maximum absolute atomic E-state index is 14.0. The molecule has 1 saturated heterocycles. The third-order valence-electron chi connectivity index (χ3n) is 8.83. The lowest BCUT2D eigenvalue weighted by Crippen LogP contribution is -2.54. The Morgan fingerprint density at radius 3 is 2.29 bits per heavy atom. The number of nitrogens with one attached hydrogen (secondary N) is 2. The van der Waals surface area contributed by atoms with Gasteiger partial charge in [-0.1, -0.05) is 48.5 Å². The molecule has 248 valence electrons. The Bertz CT molecular complexity index is 1800. The Balaban J connectivity index is 1.42. The van der Waals surface area contributed by atoms with Gasteiger partial charge in [0.2, 0.25) is 5.91 Å². The molecule has 8 nitrogen and oxygen atoms in total. The molecule has 1 aliphatic heterocycles. The maximum atomic E-state index is 14.0. The van der Waals surface area contributed by atoms with E-state index in [1.54, 1.807) is 35.2 Å². The van der Waals surface area contributed by atoms with Crippen molar-refractivity contribution in [3.8, 4) is 6.07 Å². The third kappa shape index (κ3) is 7.83. The summed E-state index contributed by atoms with van der Waals surface area (Å²) in [5.74, 6) is -1.82. The van der Waals surface area contributed by atoms with Crippen LogP contribution in [0.25, 0.3) is 5.57 Å². The van der Waals surface area contributed by atoms with E-state index in [0.717, 1.165) is 22.9 Å². The Hall–Kier alpha value is -5.21.